The van der Waals surface area contributed by atoms with Gasteiger partial charge in [-0.1, -0.05) is 17.8 Å². The molecule has 1 aliphatic rings. The quantitative estimate of drug-likeness (QED) is 0.311. The number of ether oxygens (including phenoxy) is 3. The van der Waals surface area contributed by atoms with E-state index in [1.165, 1.54) is 55.3 Å². The van der Waals surface area contributed by atoms with Crippen LogP contribution in [0.25, 0.3) is 5.69 Å². The van der Waals surface area contributed by atoms with Crippen molar-refractivity contribution in [2.45, 2.75) is 12.6 Å². The molecule has 2 heterocycles. The third kappa shape index (κ3) is 5.90. The molecule has 0 N–H and O–H groups in total. The van der Waals surface area contributed by atoms with E-state index in [0.717, 1.165) is 16.8 Å². The summed E-state index contributed by atoms with van der Waals surface area (Å²) in [5.74, 6) is -1.40. The molecule has 0 aliphatic carbocycles. The highest BCUT2D eigenvalue weighted by atomic mass is 32.2. The van der Waals surface area contributed by atoms with Gasteiger partial charge >= 0.3 is 18.1 Å². The van der Waals surface area contributed by atoms with E-state index < -0.39 is 23.7 Å². The topological polar surface area (TPSA) is 100.0 Å². The summed E-state index contributed by atoms with van der Waals surface area (Å²) in [4.78, 5) is 37.3. The zero-order valence-electron chi connectivity index (χ0n) is 18.1. The summed E-state index contributed by atoms with van der Waals surface area (Å²) in [6, 6.07) is 4.45. The number of nitrogens with zero attached hydrogens (tertiary/aromatic N) is 3. The van der Waals surface area contributed by atoms with Crippen molar-refractivity contribution in [3.05, 3.63) is 52.8 Å². The van der Waals surface area contributed by atoms with E-state index in [-0.39, 0.29) is 48.4 Å². The van der Waals surface area contributed by atoms with E-state index in [9.17, 15) is 27.6 Å². The van der Waals surface area contributed by atoms with E-state index in [1.54, 1.807) is 0 Å². The number of thioether (sulfide) groups is 1. The number of benzene rings is 1. The predicted octanol–water partition coefficient (Wildman–Crippen LogP) is 3.04. The highest BCUT2D eigenvalue weighted by molar-refractivity contribution is 8.04. The first kappa shape index (κ1) is 25.1. The number of halogens is 3. The van der Waals surface area contributed by atoms with Gasteiger partial charge in [0.25, 0.3) is 0 Å². The molecule has 0 bridgehead atoms. The van der Waals surface area contributed by atoms with E-state index in [0.29, 0.717) is 5.03 Å². The van der Waals surface area contributed by atoms with Crippen molar-refractivity contribution in [3.63, 3.8) is 0 Å². The summed E-state index contributed by atoms with van der Waals surface area (Å²) in [5.41, 5.74) is -0.986. The number of carbonyl (C=O) groups excluding carboxylic acids is 3. The molecule has 1 saturated heterocycles. The van der Waals surface area contributed by atoms with Crippen molar-refractivity contribution in [2.75, 3.05) is 33.1 Å². The number of methoxy groups -OCH3 is 2. The standard InChI is InChI=1S/C21H20F3N3O6S/c1-31-15-11-27(14-6-3-5-13(9-14)21(22,23)24)25-19(15)20(30)33-8-4-7-26-16(28)12-34-17(26)10-18(29)32-2/h3,5-6,9-11H,4,7-8,12H2,1-2H3/b17-10+. The highest BCUT2D eigenvalue weighted by Crippen LogP contribution is 2.31. The number of hydrogen-bond acceptors (Lipinski definition) is 8. The highest BCUT2D eigenvalue weighted by Gasteiger charge is 2.31. The molecule has 0 spiro atoms. The monoisotopic (exact) mass is 499 g/mol. The second-order valence-corrected chi connectivity index (χ2v) is 7.86. The fraction of sp³-hybridized carbons (Fsp3) is 0.333. The molecule has 1 aromatic carbocycles. The van der Waals surface area contributed by atoms with Crippen LogP contribution >= 0.6 is 11.8 Å². The van der Waals surface area contributed by atoms with Crippen molar-refractivity contribution in [1.82, 2.24) is 14.7 Å². The largest absolute Gasteiger partial charge is 0.493 e. The summed E-state index contributed by atoms with van der Waals surface area (Å²) >= 11 is 1.20. The minimum absolute atomic E-state index is 0.0248. The molecule has 1 aliphatic heterocycles. The average molecular weight is 499 g/mol. The van der Waals surface area contributed by atoms with Gasteiger partial charge < -0.3 is 19.1 Å². The van der Waals surface area contributed by atoms with Crippen LogP contribution in [0.4, 0.5) is 13.2 Å². The maximum absolute atomic E-state index is 13.0. The lowest BCUT2D eigenvalue weighted by Gasteiger charge is -2.16. The van der Waals surface area contributed by atoms with Crippen LogP contribution in [0.1, 0.15) is 22.5 Å². The van der Waals surface area contributed by atoms with Crippen LogP contribution in [-0.4, -0.2) is 65.7 Å². The van der Waals surface area contributed by atoms with Crippen molar-refractivity contribution in [2.24, 2.45) is 0 Å². The van der Waals surface area contributed by atoms with Gasteiger partial charge in [0.2, 0.25) is 11.6 Å². The van der Waals surface area contributed by atoms with Gasteiger partial charge in [0, 0.05) is 6.54 Å². The van der Waals surface area contributed by atoms with Gasteiger partial charge in [-0.25, -0.2) is 14.3 Å². The van der Waals surface area contributed by atoms with Gasteiger partial charge in [-0.15, -0.1) is 0 Å². The van der Waals surface area contributed by atoms with Gasteiger partial charge in [0.15, 0.2) is 5.75 Å². The first-order chi connectivity index (χ1) is 16.1. The first-order valence-electron chi connectivity index (χ1n) is 9.85. The molecule has 1 amide bonds. The number of amides is 1. The molecule has 0 unspecified atom stereocenters. The Morgan fingerprint density at radius 1 is 1.26 bits per heavy atom. The lowest BCUT2D eigenvalue weighted by Crippen LogP contribution is -2.27. The third-order valence-electron chi connectivity index (χ3n) is 4.64. The Balaban J connectivity index is 1.64. The Morgan fingerprint density at radius 3 is 2.71 bits per heavy atom. The molecular weight excluding hydrogens is 479 g/mol. The SMILES string of the molecule is COC(=O)/C=C1/SCC(=O)N1CCCOC(=O)c1nn(-c2cccc(C(F)(F)F)c2)cc1OC. The molecule has 1 aromatic heterocycles. The number of alkyl halides is 3. The molecule has 0 saturated carbocycles. The van der Waals surface area contributed by atoms with Crippen molar-refractivity contribution in [1.29, 1.82) is 0 Å². The molecular formula is C21H20F3N3O6S. The van der Waals surface area contributed by atoms with Crippen LogP contribution in [0.15, 0.2) is 41.6 Å². The molecule has 13 heteroatoms. The Labute approximate surface area is 196 Å². The summed E-state index contributed by atoms with van der Waals surface area (Å²) < 4.78 is 55.0. The zero-order chi connectivity index (χ0) is 24.9. The average Bonchev–Trinajstić information content (AvgIpc) is 3.40. The minimum Gasteiger partial charge on any atom is -0.493 e. The summed E-state index contributed by atoms with van der Waals surface area (Å²) in [7, 11) is 2.52. The molecule has 9 nitrogen and oxygen atoms in total. The normalized spacial score (nSPS) is 15.0. The fourth-order valence-electron chi connectivity index (χ4n) is 2.99. The number of rotatable bonds is 8. The van der Waals surface area contributed by atoms with E-state index in [1.807, 2.05) is 0 Å². The zero-order valence-corrected chi connectivity index (χ0v) is 18.9. The van der Waals surface area contributed by atoms with Crippen LogP contribution < -0.4 is 4.74 Å². The van der Waals surface area contributed by atoms with Crippen molar-refractivity contribution < 1.29 is 41.8 Å². The van der Waals surface area contributed by atoms with E-state index in [4.69, 9.17) is 9.47 Å². The predicted molar refractivity (Wildman–Crippen MR) is 114 cm³/mol. The number of hydrogen-bond donors (Lipinski definition) is 0. The van der Waals surface area contributed by atoms with Crippen LogP contribution in [0, 0.1) is 0 Å². The van der Waals surface area contributed by atoms with Crippen molar-refractivity contribution in [3.8, 4) is 11.4 Å². The molecule has 0 radical (unpaired) electrons. The van der Waals surface area contributed by atoms with Gasteiger partial charge in [0.1, 0.15) is 0 Å². The lowest BCUT2D eigenvalue weighted by atomic mass is 10.2. The molecule has 34 heavy (non-hydrogen) atoms. The van der Waals surface area contributed by atoms with Gasteiger partial charge in [-0.3, -0.25) is 4.79 Å². The number of esters is 2. The fourth-order valence-corrected chi connectivity index (χ4v) is 3.95. The Bertz CT molecular complexity index is 1120. The Morgan fingerprint density at radius 2 is 2.03 bits per heavy atom. The second kappa shape index (κ2) is 10.6. The lowest BCUT2D eigenvalue weighted by molar-refractivity contribution is -0.137. The van der Waals surface area contributed by atoms with E-state index in [2.05, 4.69) is 9.84 Å². The number of carbonyl (C=O) groups is 3. The van der Waals surface area contributed by atoms with E-state index >= 15 is 0 Å². The Hall–Kier alpha value is -3.48. The molecule has 0 atom stereocenters. The molecule has 182 valence electrons. The maximum Gasteiger partial charge on any atom is 0.416 e. The molecule has 2 aromatic rings. The smallest absolute Gasteiger partial charge is 0.416 e. The number of aromatic nitrogens is 2. The van der Waals surface area contributed by atoms with Crippen LogP contribution in [-0.2, 0) is 25.2 Å². The van der Waals surface area contributed by atoms with Gasteiger partial charge in [0.05, 0.1) is 55.1 Å². The Kier molecular flexibility index (Phi) is 7.87. The minimum atomic E-state index is -4.53. The third-order valence-corrected chi connectivity index (χ3v) is 5.67. The van der Waals surface area contributed by atoms with Gasteiger partial charge in [-0.2, -0.15) is 18.3 Å². The summed E-state index contributed by atoms with van der Waals surface area (Å²) in [6.45, 7) is 0.135. The summed E-state index contributed by atoms with van der Waals surface area (Å²) in [5, 5.41) is 4.47. The summed E-state index contributed by atoms with van der Waals surface area (Å²) in [6.07, 6.45) is -1.77. The maximum atomic E-state index is 13.0. The van der Waals surface area contributed by atoms with Crippen LogP contribution in [0.5, 0.6) is 5.75 Å². The molecule has 3 rings (SSSR count). The van der Waals surface area contributed by atoms with Crippen LogP contribution in [0.3, 0.4) is 0 Å². The second-order valence-electron chi connectivity index (χ2n) is 6.87. The van der Waals surface area contributed by atoms with Gasteiger partial charge in [-0.05, 0) is 24.6 Å². The molecule has 1 fully saturated rings. The first-order valence-corrected chi connectivity index (χ1v) is 10.8. The van der Waals surface area contributed by atoms with Crippen molar-refractivity contribution >= 4 is 29.6 Å². The van der Waals surface area contributed by atoms with Crippen LogP contribution in [0.2, 0.25) is 0 Å².